The zero-order valence-electron chi connectivity index (χ0n) is 14.1. The Hall–Kier alpha value is -3.22. The van der Waals surface area contributed by atoms with Gasteiger partial charge in [-0.3, -0.25) is 10.1 Å². The Morgan fingerprint density at radius 2 is 1.84 bits per heavy atom. The number of nitrogens with one attached hydrogen (secondary N) is 2. The van der Waals surface area contributed by atoms with Gasteiger partial charge in [-0.1, -0.05) is 18.2 Å². The predicted octanol–water partition coefficient (Wildman–Crippen LogP) is 3.28. The summed E-state index contributed by atoms with van der Waals surface area (Å²) in [5.74, 6) is 0.689. The molecule has 7 heteroatoms. The highest BCUT2D eigenvalue weighted by atomic mass is 16.5. The van der Waals surface area contributed by atoms with Crippen LogP contribution in [0.2, 0.25) is 0 Å². The molecule has 0 bridgehead atoms. The Labute approximate surface area is 145 Å². The second-order valence-electron chi connectivity index (χ2n) is 4.91. The molecule has 0 spiro atoms. The summed E-state index contributed by atoms with van der Waals surface area (Å²) in [4.78, 5) is 23.4. The van der Waals surface area contributed by atoms with E-state index in [1.54, 1.807) is 49.4 Å². The second kappa shape index (κ2) is 9.17. The summed E-state index contributed by atoms with van der Waals surface area (Å²) in [5.41, 5.74) is 1.08. The summed E-state index contributed by atoms with van der Waals surface area (Å²) >= 11 is 0. The minimum Gasteiger partial charge on any atom is -0.495 e. The molecule has 0 aliphatic carbocycles. The zero-order valence-corrected chi connectivity index (χ0v) is 14.1. The highest BCUT2D eigenvalue weighted by Crippen LogP contribution is 2.23. The van der Waals surface area contributed by atoms with Crippen LogP contribution >= 0.6 is 0 Å². The summed E-state index contributed by atoms with van der Waals surface area (Å²) < 4.78 is 15.4. The van der Waals surface area contributed by atoms with Crippen LogP contribution in [0.4, 0.5) is 16.2 Å². The fourth-order valence-electron chi connectivity index (χ4n) is 2.03. The van der Waals surface area contributed by atoms with Gasteiger partial charge in [0.15, 0.2) is 6.61 Å². The number of para-hydroxylation sites is 2. The van der Waals surface area contributed by atoms with Crippen LogP contribution in [-0.4, -0.2) is 32.3 Å². The molecule has 0 atom stereocenters. The van der Waals surface area contributed by atoms with Crippen LogP contribution in [0.1, 0.15) is 6.92 Å². The van der Waals surface area contributed by atoms with Crippen molar-refractivity contribution in [3.63, 3.8) is 0 Å². The van der Waals surface area contributed by atoms with Gasteiger partial charge in [0, 0.05) is 11.8 Å². The van der Waals surface area contributed by atoms with Crippen LogP contribution in [-0.2, 0) is 9.53 Å². The molecular weight excluding hydrogens is 324 g/mol. The number of benzene rings is 2. The summed E-state index contributed by atoms with van der Waals surface area (Å²) in [7, 11) is 1.53. The topological polar surface area (TPSA) is 85.9 Å². The van der Waals surface area contributed by atoms with Crippen LogP contribution in [0, 0.1) is 0 Å². The van der Waals surface area contributed by atoms with Gasteiger partial charge in [-0.05, 0) is 31.2 Å². The molecule has 0 saturated carbocycles. The lowest BCUT2D eigenvalue weighted by Crippen LogP contribution is -2.20. The van der Waals surface area contributed by atoms with Crippen molar-refractivity contribution in [3.05, 3.63) is 48.5 Å². The number of amides is 2. The van der Waals surface area contributed by atoms with Gasteiger partial charge in [0.2, 0.25) is 0 Å². The molecule has 132 valence electrons. The fourth-order valence-corrected chi connectivity index (χ4v) is 2.03. The van der Waals surface area contributed by atoms with Gasteiger partial charge >= 0.3 is 6.09 Å². The van der Waals surface area contributed by atoms with Gasteiger partial charge in [0.25, 0.3) is 5.91 Å². The lowest BCUT2D eigenvalue weighted by atomic mass is 10.3. The standard InChI is InChI=1S/C18H20N2O5/c1-3-24-18(22)19-13-7-6-8-14(11-13)25-12-17(21)20-15-9-4-5-10-16(15)23-2/h4-11H,3,12H2,1-2H3,(H,19,22)(H,20,21). The van der Waals surface area contributed by atoms with Gasteiger partial charge in [0.05, 0.1) is 19.4 Å². The summed E-state index contributed by atoms with van der Waals surface area (Å²) in [5, 5.41) is 5.28. The van der Waals surface area contributed by atoms with E-state index in [9.17, 15) is 9.59 Å². The highest BCUT2D eigenvalue weighted by Gasteiger charge is 2.08. The minimum atomic E-state index is -0.548. The Balaban J connectivity index is 1.90. The third kappa shape index (κ3) is 5.72. The zero-order chi connectivity index (χ0) is 18.1. The molecule has 0 radical (unpaired) electrons. The van der Waals surface area contributed by atoms with E-state index in [4.69, 9.17) is 14.2 Å². The van der Waals surface area contributed by atoms with Crippen molar-refractivity contribution in [2.75, 3.05) is 31.0 Å². The fraction of sp³-hybridized carbons (Fsp3) is 0.222. The number of hydrogen-bond acceptors (Lipinski definition) is 5. The van der Waals surface area contributed by atoms with E-state index in [0.29, 0.717) is 22.9 Å². The van der Waals surface area contributed by atoms with Crippen LogP contribution in [0.5, 0.6) is 11.5 Å². The molecule has 0 aliphatic heterocycles. The summed E-state index contributed by atoms with van der Waals surface area (Å²) in [6.45, 7) is 1.82. The van der Waals surface area contributed by atoms with Crippen LogP contribution in [0.25, 0.3) is 0 Å². The minimum absolute atomic E-state index is 0.180. The van der Waals surface area contributed by atoms with Crippen molar-refractivity contribution in [1.29, 1.82) is 0 Å². The number of hydrogen-bond donors (Lipinski definition) is 2. The highest BCUT2D eigenvalue weighted by molar-refractivity contribution is 5.93. The van der Waals surface area contributed by atoms with Gasteiger partial charge in [-0.25, -0.2) is 4.79 Å². The molecule has 2 aromatic rings. The van der Waals surface area contributed by atoms with Crippen molar-refractivity contribution < 1.29 is 23.8 Å². The maximum absolute atomic E-state index is 12.0. The quantitative estimate of drug-likeness (QED) is 0.805. The monoisotopic (exact) mass is 344 g/mol. The molecule has 2 N–H and O–H groups in total. The first-order valence-corrected chi connectivity index (χ1v) is 7.72. The van der Waals surface area contributed by atoms with Gasteiger partial charge < -0.3 is 19.5 Å². The van der Waals surface area contributed by atoms with Crippen molar-refractivity contribution >= 4 is 23.4 Å². The molecule has 0 heterocycles. The molecule has 0 aromatic heterocycles. The largest absolute Gasteiger partial charge is 0.495 e. The van der Waals surface area contributed by atoms with E-state index < -0.39 is 6.09 Å². The molecular formula is C18H20N2O5. The SMILES string of the molecule is CCOC(=O)Nc1cccc(OCC(=O)Nc2ccccc2OC)c1. The average molecular weight is 344 g/mol. The van der Waals surface area contributed by atoms with Crippen molar-refractivity contribution in [1.82, 2.24) is 0 Å². The van der Waals surface area contributed by atoms with E-state index in [1.807, 2.05) is 6.07 Å². The number of carbonyl (C=O) groups excluding carboxylic acids is 2. The number of methoxy groups -OCH3 is 1. The van der Waals surface area contributed by atoms with Gasteiger partial charge in [-0.15, -0.1) is 0 Å². The van der Waals surface area contributed by atoms with E-state index in [2.05, 4.69) is 10.6 Å². The number of anilines is 2. The molecule has 2 rings (SSSR count). The molecule has 0 aliphatic rings. The lowest BCUT2D eigenvalue weighted by Gasteiger charge is -2.11. The van der Waals surface area contributed by atoms with Crippen molar-refractivity contribution in [3.8, 4) is 11.5 Å². The smallest absolute Gasteiger partial charge is 0.411 e. The number of ether oxygens (including phenoxy) is 3. The predicted molar refractivity (Wildman–Crippen MR) is 94.2 cm³/mol. The van der Waals surface area contributed by atoms with Gasteiger partial charge in [0.1, 0.15) is 11.5 Å². The summed E-state index contributed by atoms with van der Waals surface area (Å²) in [6.07, 6.45) is -0.548. The Morgan fingerprint density at radius 1 is 1.04 bits per heavy atom. The third-order valence-corrected chi connectivity index (χ3v) is 3.11. The van der Waals surface area contributed by atoms with Gasteiger partial charge in [-0.2, -0.15) is 0 Å². The normalized spacial score (nSPS) is 9.84. The third-order valence-electron chi connectivity index (χ3n) is 3.11. The second-order valence-corrected chi connectivity index (χ2v) is 4.91. The molecule has 0 unspecified atom stereocenters. The van der Waals surface area contributed by atoms with E-state index >= 15 is 0 Å². The first kappa shape index (κ1) is 18.1. The van der Waals surface area contributed by atoms with Crippen LogP contribution in [0.3, 0.4) is 0 Å². The van der Waals surface area contributed by atoms with Crippen molar-refractivity contribution in [2.45, 2.75) is 6.92 Å². The lowest BCUT2D eigenvalue weighted by molar-refractivity contribution is -0.118. The van der Waals surface area contributed by atoms with Crippen LogP contribution < -0.4 is 20.1 Å². The molecule has 25 heavy (non-hydrogen) atoms. The molecule has 7 nitrogen and oxygen atoms in total. The van der Waals surface area contributed by atoms with Crippen LogP contribution in [0.15, 0.2) is 48.5 Å². The molecule has 2 amide bonds. The molecule has 0 fully saturated rings. The first-order chi connectivity index (χ1) is 12.1. The Bertz CT molecular complexity index is 733. The number of carbonyl (C=O) groups is 2. The first-order valence-electron chi connectivity index (χ1n) is 7.72. The molecule has 0 saturated heterocycles. The maximum Gasteiger partial charge on any atom is 0.411 e. The maximum atomic E-state index is 12.0. The Morgan fingerprint density at radius 3 is 2.60 bits per heavy atom. The van der Waals surface area contributed by atoms with Crippen molar-refractivity contribution in [2.24, 2.45) is 0 Å². The Kier molecular flexibility index (Phi) is 6.65. The van der Waals surface area contributed by atoms with E-state index in [0.717, 1.165) is 0 Å². The van der Waals surface area contributed by atoms with E-state index in [-0.39, 0.29) is 19.1 Å². The molecule has 2 aromatic carbocycles. The number of rotatable bonds is 7. The summed E-state index contributed by atoms with van der Waals surface area (Å²) in [6, 6.07) is 13.8. The van der Waals surface area contributed by atoms with E-state index in [1.165, 1.54) is 7.11 Å². The average Bonchev–Trinajstić information content (AvgIpc) is 2.61.